The van der Waals surface area contributed by atoms with Gasteiger partial charge in [0.1, 0.15) is 5.92 Å². The van der Waals surface area contributed by atoms with E-state index in [4.69, 9.17) is 15.2 Å². The first kappa shape index (κ1) is 16.6. The van der Waals surface area contributed by atoms with Crippen molar-refractivity contribution in [3.05, 3.63) is 0 Å². The van der Waals surface area contributed by atoms with Crippen molar-refractivity contribution >= 4 is 17.2 Å². The second-order valence-electron chi connectivity index (χ2n) is 4.53. The third kappa shape index (κ3) is 8.34. The normalized spacial score (nSPS) is 14.7. The largest absolute Gasteiger partial charge is 0.400 e. The second kappa shape index (κ2) is 6.51. The highest BCUT2D eigenvalue weighted by Crippen LogP contribution is 2.26. The quantitative estimate of drug-likeness (QED) is 0.595. The predicted octanol–water partition coefficient (Wildman–Crippen LogP) is 2.28. The maximum absolute atomic E-state index is 12.4. The van der Waals surface area contributed by atoms with E-state index in [1.807, 2.05) is 20.8 Å². The van der Waals surface area contributed by atoms with E-state index in [1.54, 1.807) is 0 Å². The van der Waals surface area contributed by atoms with Crippen LogP contribution in [0, 0.1) is 5.92 Å². The molecule has 0 radical (unpaired) electrons. The van der Waals surface area contributed by atoms with Crippen LogP contribution in [0.1, 0.15) is 20.8 Å². The molecule has 0 aromatic heterocycles. The van der Waals surface area contributed by atoms with Crippen molar-refractivity contribution in [3.8, 4) is 0 Å². The summed E-state index contributed by atoms with van der Waals surface area (Å²) in [5.74, 6) is -1.90. The monoisotopic (exact) mass is 273 g/mol. The van der Waals surface area contributed by atoms with E-state index in [0.717, 1.165) is 0 Å². The molecule has 0 saturated heterocycles. The van der Waals surface area contributed by atoms with Gasteiger partial charge in [-0.2, -0.15) is 13.2 Å². The lowest BCUT2D eigenvalue weighted by molar-refractivity contribution is -0.169. The molecule has 0 spiro atoms. The Morgan fingerprint density at radius 2 is 1.76 bits per heavy atom. The molecule has 17 heavy (non-hydrogen) atoms. The van der Waals surface area contributed by atoms with Crippen molar-refractivity contribution in [2.24, 2.45) is 11.7 Å². The van der Waals surface area contributed by atoms with Crippen LogP contribution in [0.2, 0.25) is 0 Å². The van der Waals surface area contributed by atoms with Gasteiger partial charge in [0, 0.05) is 0 Å². The van der Waals surface area contributed by atoms with E-state index in [-0.39, 0.29) is 18.8 Å². The summed E-state index contributed by atoms with van der Waals surface area (Å²) in [6, 6.07) is 0. The first-order valence-electron chi connectivity index (χ1n) is 5.12. The summed E-state index contributed by atoms with van der Waals surface area (Å²) in [7, 11) is 0. The average molecular weight is 273 g/mol. The van der Waals surface area contributed by atoms with Crippen molar-refractivity contribution < 1.29 is 22.6 Å². The molecule has 0 aromatic carbocycles. The molecule has 1 unspecified atom stereocenters. The first-order valence-corrected chi connectivity index (χ1v) is 5.52. The summed E-state index contributed by atoms with van der Waals surface area (Å²) in [5.41, 5.74) is 4.67. The Balaban J connectivity index is 3.90. The molecule has 0 rings (SSSR count). The van der Waals surface area contributed by atoms with Gasteiger partial charge in [0.05, 0.1) is 30.4 Å². The minimum Gasteiger partial charge on any atom is -0.393 e. The van der Waals surface area contributed by atoms with Crippen molar-refractivity contribution in [1.82, 2.24) is 0 Å². The molecule has 0 aliphatic heterocycles. The van der Waals surface area contributed by atoms with Gasteiger partial charge in [-0.25, -0.2) is 0 Å². The summed E-state index contributed by atoms with van der Waals surface area (Å²) in [4.78, 5) is -0.603. The molecule has 0 aliphatic carbocycles. The number of hydrogen-bond donors (Lipinski definition) is 1. The number of alkyl halides is 3. The number of hydrogen-bond acceptors (Lipinski definition) is 3. The molecule has 0 bridgehead atoms. The molecule has 0 heterocycles. The molecule has 0 aromatic rings. The average Bonchev–Trinajstić information content (AvgIpc) is 2.05. The van der Waals surface area contributed by atoms with E-state index in [1.165, 1.54) is 0 Å². The van der Waals surface area contributed by atoms with E-state index >= 15 is 0 Å². The van der Waals surface area contributed by atoms with Crippen molar-refractivity contribution in [2.45, 2.75) is 32.5 Å². The highest BCUT2D eigenvalue weighted by atomic mass is 32.1. The molecule has 102 valence electrons. The fraction of sp³-hybridized carbons (Fsp3) is 0.900. The van der Waals surface area contributed by atoms with Gasteiger partial charge in [0.2, 0.25) is 0 Å². The highest BCUT2D eigenvalue weighted by Gasteiger charge is 2.41. The van der Waals surface area contributed by atoms with Gasteiger partial charge in [-0.1, -0.05) is 12.2 Å². The Labute approximate surface area is 104 Å². The van der Waals surface area contributed by atoms with E-state index in [2.05, 4.69) is 12.2 Å². The first-order chi connectivity index (χ1) is 7.54. The van der Waals surface area contributed by atoms with Crippen LogP contribution in [0.15, 0.2) is 0 Å². The fourth-order valence-electron chi connectivity index (χ4n) is 0.946. The summed E-state index contributed by atoms with van der Waals surface area (Å²) < 4.78 is 47.3. The molecule has 0 aliphatic rings. The number of nitrogens with two attached hydrogens (primary N) is 1. The van der Waals surface area contributed by atoms with Gasteiger partial charge in [-0.15, -0.1) is 0 Å². The Morgan fingerprint density at radius 1 is 1.24 bits per heavy atom. The van der Waals surface area contributed by atoms with Crippen LogP contribution in [0.5, 0.6) is 0 Å². The molecular weight excluding hydrogens is 255 g/mol. The number of halogens is 3. The number of ether oxygens (including phenoxy) is 2. The summed E-state index contributed by atoms with van der Waals surface area (Å²) in [6.07, 6.45) is -4.46. The summed E-state index contributed by atoms with van der Waals surface area (Å²) >= 11 is 4.35. The lowest BCUT2D eigenvalue weighted by Gasteiger charge is -2.21. The SMILES string of the molecule is CC(C)(C)OCCOCC(C(N)=S)C(F)(F)F. The van der Waals surface area contributed by atoms with Crippen LogP contribution < -0.4 is 5.73 Å². The molecular formula is C10H18F3NO2S. The number of thiocarbonyl (C=S) groups is 1. The van der Waals surface area contributed by atoms with Gasteiger partial charge in [0.15, 0.2) is 0 Å². The minimum absolute atomic E-state index is 0.0759. The van der Waals surface area contributed by atoms with Crippen molar-refractivity contribution in [3.63, 3.8) is 0 Å². The lowest BCUT2D eigenvalue weighted by Crippen LogP contribution is -2.38. The van der Waals surface area contributed by atoms with Crippen LogP contribution in [-0.2, 0) is 9.47 Å². The van der Waals surface area contributed by atoms with E-state index < -0.39 is 23.7 Å². The minimum atomic E-state index is -4.46. The maximum atomic E-state index is 12.4. The Kier molecular flexibility index (Phi) is 6.36. The predicted molar refractivity (Wildman–Crippen MR) is 62.9 cm³/mol. The standard InChI is InChI=1S/C10H18F3NO2S/c1-9(2,3)16-5-4-15-6-7(8(14)17)10(11,12)13/h7H,4-6H2,1-3H3,(H2,14,17). The molecule has 7 heteroatoms. The zero-order valence-electron chi connectivity index (χ0n) is 10.1. The van der Waals surface area contributed by atoms with Crippen LogP contribution in [0.3, 0.4) is 0 Å². The van der Waals surface area contributed by atoms with Crippen molar-refractivity contribution in [1.29, 1.82) is 0 Å². The smallest absolute Gasteiger partial charge is 0.393 e. The zero-order valence-corrected chi connectivity index (χ0v) is 11.0. The van der Waals surface area contributed by atoms with Crippen LogP contribution in [-0.4, -0.2) is 36.6 Å². The molecule has 1 atom stereocenters. The third-order valence-corrected chi connectivity index (χ3v) is 2.07. The van der Waals surface area contributed by atoms with Gasteiger partial charge in [-0.05, 0) is 20.8 Å². The van der Waals surface area contributed by atoms with E-state index in [9.17, 15) is 13.2 Å². The topological polar surface area (TPSA) is 44.5 Å². The molecule has 2 N–H and O–H groups in total. The summed E-state index contributed by atoms with van der Waals surface area (Å²) in [5, 5.41) is 0. The van der Waals surface area contributed by atoms with Gasteiger partial charge < -0.3 is 15.2 Å². The van der Waals surface area contributed by atoms with Crippen LogP contribution in [0.4, 0.5) is 13.2 Å². The Hall–Kier alpha value is -0.400. The van der Waals surface area contributed by atoms with E-state index in [0.29, 0.717) is 0 Å². The van der Waals surface area contributed by atoms with Gasteiger partial charge in [0.25, 0.3) is 0 Å². The van der Waals surface area contributed by atoms with Gasteiger partial charge >= 0.3 is 6.18 Å². The van der Waals surface area contributed by atoms with Gasteiger partial charge in [-0.3, -0.25) is 0 Å². The molecule has 0 amide bonds. The molecule has 3 nitrogen and oxygen atoms in total. The summed E-state index contributed by atoms with van der Waals surface area (Å²) in [6.45, 7) is 5.28. The van der Waals surface area contributed by atoms with Crippen LogP contribution >= 0.6 is 12.2 Å². The van der Waals surface area contributed by atoms with Crippen molar-refractivity contribution in [2.75, 3.05) is 19.8 Å². The maximum Gasteiger partial charge on any atom is 0.400 e. The lowest BCUT2D eigenvalue weighted by atomic mass is 10.1. The fourth-order valence-corrected chi connectivity index (χ4v) is 1.15. The Morgan fingerprint density at radius 3 is 2.12 bits per heavy atom. The third-order valence-electron chi connectivity index (χ3n) is 1.79. The molecule has 0 saturated carbocycles. The molecule has 0 fully saturated rings. The second-order valence-corrected chi connectivity index (χ2v) is 5.00. The Bertz CT molecular complexity index is 251. The zero-order chi connectivity index (χ0) is 13.7. The van der Waals surface area contributed by atoms with Crippen LogP contribution in [0.25, 0.3) is 0 Å². The number of rotatable bonds is 6. The highest BCUT2D eigenvalue weighted by molar-refractivity contribution is 7.80.